The van der Waals surface area contributed by atoms with E-state index in [1.165, 1.54) is 7.05 Å². The molecule has 0 aromatic carbocycles. The first kappa shape index (κ1) is 16.8. The number of amides is 2. The molecule has 2 aromatic rings. The van der Waals surface area contributed by atoms with E-state index in [0.29, 0.717) is 12.1 Å². The zero-order valence-electron chi connectivity index (χ0n) is 12.9. The fourth-order valence-corrected chi connectivity index (χ4v) is 2.05. The Balaban J connectivity index is 1.98. The van der Waals surface area contributed by atoms with Crippen molar-refractivity contribution in [1.29, 1.82) is 0 Å². The summed E-state index contributed by atoms with van der Waals surface area (Å²) in [4.78, 5) is 11.9. The fourth-order valence-electron chi connectivity index (χ4n) is 2.05. The molecule has 2 heterocycles. The highest BCUT2D eigenvalue weighted by Gasteiger charge is 2.34. The Labute approximate surface area is 130 Å². The van der Waals surface area contributed by atoms with Gasteiger partial charge in [0.15, 0.2) is 5.69 Å². The second-order valence-electron chi connectivity index (χ2n) is 4.97. The molecule has 0 spiro atoms. The maximum atomic E-state index is 12.6. The molecule has 0 unspecified atom stereocenters. The maximum absolute atomic E-state index is 12.6. The van der Waals surface area contributed by atoms with Crippen LogP contribution in [0.2, 0.25) is 0 Å². The van der Waals surface area contributed by atoms with Crippen molar-refractivity contribution in [2.75, 3.05) is 5.32 Å². The summed E-state index contributed by atoms with van der Waals surface area (Å²) in [6.07, 6.45) is -2.21. The highest BCUT2D eigenvalue weighted by atomic mass is 19.4. The van der Waals surface area contributed by atoms with E-state index < -0.39 is 17.9 Å². The molecule has 0 bridgehead atoms. The summed E-state index contributed by atoms with van der Waals surface area (Å²) in [6, 6.07) is 0.379. The van der Waals surface area contributed by atoms with Crippen molar-refractivity contribution in [3.63, 3.8) is 0 Å². The van der Waals surface area contributed by atoms with E-state index in [1.807, 2.05) is 6.92 Å². The molecule has 7 nitrogen and oxygen atoms in total. The summed E-state index contributed by atoms with van der Waals surface area (Å²) in [5, 5.41) is 12.7. The smallest absolute Gasteiger partial charge is 0.332 e. The minimum Gasteiger partial charge on any atom is -0.332 e. The molecular formula is C13H17F3N6O. The Kier molecular flexibility index (Phi) is 4.62. The zero-order valence-corrected chi connectivity index (χ0v) is 12.9. The van der Waals surface area contributed by atoms with E-state index in [1.54, 1.807) is 17.9 Å². The number of carbonyl (C=O) groups is 1. The Hall–Kier alpha value is -2.52. The lowest BCUT2D eigenvalue weighted by molar-refractivity contribution is -0.141. The van der Waals surface area contributed by atoms with Gasteiger partial charge in [0.05, 0.1) is 23.6 Å². The lowest BCUT2D eigenvalue weighted by Gasteiger charge is -2.07. The molecule has 2 amide bonds. The lowest BCUT2D eigenvalue weighted by Crippen LogP contribution is -2.29. The highest BCUT2D eigenvalue weighted by Crippen LogP contribution is 2.28. The Morgan fingerprint density at radius 3 is 2.57 bits per heavy atom. The molecule has 2 N–H and O–H groups in total. The number of nitrogens with zero attached hydrogens (tertiary/aromatic N) is 4. The number of hydrogen-bond acceptors (Lipinski definition) is 3. The van der Waals surface area contributed by atoms with Gasteiger partial charge in [-0.1, -0.05) is 6.92 Å². The summed E-state index contributed by atoms with van der Waals surface area (Å²) >= 11 is 0. The molecule has 10 heteroatoms. The van der Waals surface area contributed by atoms with E-state index in [4.69, 9.17) is 0 Å². The van der Waals surface area contributed by atoms with Crippen molar-refractivity contribution in [2.24, 2.45) is 14.1 Å². The summed E-state index contributed by atoms with van der Waals surface area (Å²) in [5.74, 6) is 0. The van der Waals surface area contributed by atoms with E-state index in [-0.39, 0.29) is 12.2 Å². The van der Waals surface area contributed by atoms with Gasteiger partial charge in [0.25, 0.3) is 0 Å². The molecule has 0 radical (unpaired) electrons. The van der Waals surface area contributed by atoms with Crippen LogP contribution in [0.25, 0.3) is 0 Å². The predicted octanol–water partition coefficient (Wildman–Crippen LogP) is 2.06. The van der Waals surface area contributed by atoms with Crippen LogP contribution in [-0.2, 0) is 33.2 Å². The summed E-state index contributed by atoms with van der Waals surface area (Å²) in [7, 11) is 3.12. The van der Waals surface area contributed by atoms with Crippen molar-refractivity contribution in [3.05, 3.63) is 29.3 Å². The van der Waals surface area contributed by atoms with Gasteiger partial charge in [-0.2, -0.15) is 23.4 Å². The number of halogens is 3. The molecule has 0 saturated heterocycles. The van der Waals surface area contributed by atoms with E-state index >= 15 is 0 Å². The minimum atomic E-state index is -4.51. The van der Waals surface area contributed by atoms with E-state index in [0.717, 1.165) is 16.4 Å². The number of nitrogens with one attached hydrogen (secondary N) is 2. The van der Waals surface area contributed by atoms with Crippen molar-refractivity contribution >= 4 is 11.7 Å². The molecule has 126 valence electrons. The van der Waals surface area contributed by atoms with Crippen LogP contribution < -0.4 is 10.6 Å². The maximum Gasteiger partial charge on any atom is 0.435 e. The average molecular weight is 330 g/mol. The summed E-state index contributed by atoms with van der Waals surface area (Å²) < 4.78 is 40.4. The third kappa shape index (κ3) is 4.02. The van der Waals surface area contributed by atoms with Gasteiger partial charge in [-0.15, -0.1) is 0 Å². The Morgan fingerprint density at radius 2 is 2.00 bits per heavy atom. The number of anilines is 1. The van der Waals surface area contributed by atoms with Crippen LogP contribution in [0.4, 0.5) is 23.7 Å². The predicted molar refractivity (Wildman–Crippen MR) is 76.7 cm³/mol. The Bertz CT molecular complexity index is 703. The normalized spacial score (nSPS) is 11.6. The van der Waals surface area contributed by atoms with Crippen LogP contribution in [0.3, 0.4) is 0 Å². The molecule has 0 atom stereocenters. The summed E-state index contributed by atoms with van der Waals surface area (Å²) in [5.41, 5.74) is 0.545. The number of urea groups is 1. The molecule has 23 heavy (non-hydrogen) atoms. The highest BCUT2D eigenvalue weighted by molar-refractivity contribution is 5.89. The van der Waals surface area contributed by atoms with Crippen molar-refractivity contribution in [1.82, 2.24) is 24.9 Å². The molecule has 0 saturated carbocycles. The molecular weight excluding hydrogens is 313 g/mol. The third-order valence-corrected chi connectivity index (χ3v) is 3.19. The van der Waals surface area contributed by atoms with Gasteiger partial charge < -0.3 is 10.6 Å². The third-order valence-electron chi connectivity index (χ3n) is 3.19. The topological polar surface area (TPSA) is 76.8 Å². The van der Waals surface area contributed by atoms with Gasteiger partial charge in [0.2, 0.25) is 0 Å². The number of hydrogen-bond donors (Lipinski definition) is 2. The van der Waals surface area contributed by atoms with Crippen LogP contribution >= 0.6 is 0 Å². The molecule has 0 aliphatic carbocycles. The van der Waals surface area contributed by atoms with Crippen LogP contribution in [0, 0.1) is 0 Å². The molecule has 0 fully saturated rings. The standard InChI is InChI=1S/C13H17F3N6O/c1-4-9-10(7-21(2)19-9)18-12(23)17-6-8-5-11(13(14,15)16)20-22(8)3/h5,7H,4,6H2,1-3H3,(H2,17,18,23). The van der Waals surface area contributed by atoms with Crippen LogP contribution in [-0.4, -0.2) is 25.6 Å². The molecule has 2 rings (SSSR count). The second-order valence-corrected chi connectivity index (χ2v) is 4.97. The van der Waals surface area contributed by atoms with Crippen LogP contribution in [0.5, 0.6) is 0 Å². The molecule has 0 aliphatic heterocycles. The lowest BCUT2D eigenvalue weighted by atomic mass is 10.3. The first-order valence-corrected chi connectivity index (χ1v) is 6.88. The second kappa shape index (κ2) is 6.31. The Morgan fingerprint density at radius 1 is 1.30 bits per heavy atom. The van der Waals surface area contributed by atoms with Crippen molar-refractivity contribution < 1.29 is 18.0 Å². The minimum absolute atomic E-state index is 0.0763. The van der Waals surface area contributed by atoms with Gasteiger partial charge in [-0.25, -0.2) is 4.79 Å². The first-order valence-electron chi connectivity index (χ1n) is 6.88. The zero-order chi connectivity index (χ0) is 17.2. The number of alkyl halides is 3. The monoisotopic (exact) mass is 330 g/mol. The van der Waals surface area contributed by atoms with Gasteiger partial charge in [-0.3, -0.25) is 9.36 Å². The van der Waals surface area contributed by atoms with Gasteiger partial charge in [0, 0.05) is 20.3 Å². The van der Waals surface area contributed by atoms with Crippen molar-refractivity contribution in [3.8, 4) is 0 Å². The van der Waals surface area contributed by atoms with Gasteiger partial charge in [-0.05, 0) is 12.5 Å². The molecule has 0 aliphatic rings. The van der Waals surface area contributed by atoms with E-state index in [9.17, 15) is 18.0 Å². The summed E-state index contributed by atoms with van der Waals surface area (Å²) in [6.45, 7) is 1.83. The SMILES string of the molecule is CCc1nn(C)cc1NC(=O)NCc1cc(C(F)(F)F)nn1C. The van der Waals surface area contributed by atoms with Crippen LogP contribution in [0.15, 0.2) is 12.3 Å². The number of rotatable bonds is 4. The number of carbonyl (C=O) groups excluding carboxylic acids is 1. The van der Waals surface area contributed by atoms with Crippen LogP contribution in [0.1, 0.15) is 24.0 Å². The number of aromatic nitrogens is 4. The van der Waals surface area contributed by atoms with E-state index in [2.05, 4.69) is 20.8 Å². The van der Waals surface area contributed by atoms with Gasteiger partial charge in [0.1, 0.15) is 0 Å². The van der Waals surface area contributed by atoms with Gasteiger partial charge >= 0.3 is 12.2 Å². The quantitative estimate of drug-likeness (QED) is 0.901. The number of aryl methyl sites for hydroxylation is 3. The largest absolute Gasteiger partial charge is 0.435 e. The van der Waals surface area contributed by atoms with Crippen molar-refractivity contribution in [2.45, 2.75) is 26.1 Å². The average Bonchev–Trinajstić information content (AvgIpc) is 2.99. The first-order chi connectivity index (χ1) is 10.7. The molecule has 2 aromatic heterocycles. The fraction of sp³-hybridized carbons (Fsp3) is 0.462.